The maximum Gasteiger partial charge on any atom is 0.407 e. The Hall–Kier alpha value is -1.10. The van der Waals surface area contributed by atoms with Crippen molar-refractivity contribution in [2.75, 3.05) is 0 Å². The molecule has 2 N–H and O–H groups in total. The molecule has 1 nitrogen and oxygen atoms in total. The average molecular weight is 209 g/mol. The van der Waals surface area contributed by atoms with Crippen molar-refractivity contribution in [3.8, 4) is 0 Å². The summed E-state index contributed by atoms with van der Waals surface area (Å²) in [4.78, 5) is 0. The normalized spacial score (nSPS) is 16.0. The highest BCUT2D eigenvalue weighted by Crippen LogP contribution is 2.24. The van der Waals surface area contributed by atoms with Crippen molar-refractivity contribution >= 4 is 0 Å². The van der Waals surface area contributed by atoms with Gasteiger partial charge in [0.2, 0.25) is 0 Å². The van der Waals surface area contributed by atoms with Crippen LogP contribution in [0.25, 0.3) is 0 Å². The summed E-state index contributed by atoms with van der Waals surface area (Å²) in [5.41, 5.74) is 4.70. The lowest BCUT2D eigenvalue weighted by Gasteiger charge is -2.16. The molecule has 0 aromatic heterocycles. The second kappa shape index (κ2) is 4.95. The predicted molar refractivity (Wildman–Crippen MR) is 47.2 cm³/mol. The van der Waals surface area contributed by atoms with Gasteiger partial charge in [0.05, 0.1) is 0 Å². The van der Waals surface area contributed by atoms with Crippen molar-refractivity contribution in [1.29, 1.82) is 0 Å². The predicted octanol–water partition coefficient (Wildman–Crippen LogP) is 2.86. The second-order valence-corrected chi connectivity index (χ2v) is 2.59. The summed E-state index contributed by atoms with van der Waals surface area (Å²) in [7, 11) is 0. The molecule has 0 heterocycles. The van der Waals surface area contributed by atoms with Crippen LogP contribution in [0.3, 0.4) is 0 Å². The number of hydrogen-bond acceptors (Lipinski definition) is 1. The van der Waals surface area contributed by atoms with Gasteiger partial charge in [-0.2, -0.15) is 13.2 Å². The Labute approximate surface area is 79.6 Å². The molecule has 1 unspecified atom stereocenters. The van der Waals surface area contributed by atoms with Gasteiger partial charge in [0, 0.05) is 0 Å². The summed E-state index contributed by atoms with van der Waals surface area (Å²) < 4.78 is 48.4. The van der Waals surface area contributed by atoms with Crippen LogP contribution in [0.4, 0.5) is 17.6 Å². The molecule has 1 atom stereocenters. The Morgan fingerprint density at radius 3 is 2.14 bits per heavy atom. The van der Waals surface area contributed by atoms with Gasteiger partial charge >= 0.3 is 6.18 Å². The van der Waals surface area contributed by atoms with E-state index in [1.807, 2.05) is 0 Å². The Balaban J connectivity index is 4.69. The van der Waals surface area contributed by atoms with Crippen molar-refractivity contribution in [3.05, 3.63) is 36.2 Å². The van der Waals surface area contributed by atoms with Crippen LogP contribution in [0, 0.1) is 0 Å². The minimum absolute atomic E-state index is 0.198. The lowest BCUT2D eigenvalue weighted by Crippen LogP contribution is -2.38. The number of alkyl halides is 3. The molecular weight excluding hydrogens is 198 g/mol. The van der Waals surface area contributed by atoms with Gasteiger partial charge in [0.1, 0.15) is 11.9 Å². The van der Waals surface area contributed by atoms with Crippen LogP contribution in [-0.2, 0) is 0 Å². The topological polar surface area (TPSA) is 26.0 Å². The quantitative estimate of drug-likeness (QED) is 0.561. The third-order valence-corrected chi connectivity index (χ3v) is 1.50. The first-order valence-corrected chi connectivity index (χ1v) is 3.80. The van der Waals surface area contributed by atoms with Crippen LogP contribution in [0.2, 0.25) is 0 Å². The second-order valence-electron chi connectivity index (χ2n) is 2.59. The molecule has 0 aliphatic carbocycles. The monoisotopic (exact) mass is 209 g/mol. The van der Waals surface area contributed by atoms with Crippen molar-refractivity contribution in [2.45, 2.75) is 19.1 Å². The Kier molecular flexibility index (Phi) is 4.56. The summed E-state index contributed by atoms with van der Waals surface area (Å²) in [5.74, 6) is -0.821. The number of hydrogen-bond donors (Lipinski definition) is 1. The van der Waals surface area contributed by atoms with Gasteiger partial charge in [0.25, 0.3) is 0 Å². The van der Waals surface area contributed by atoms with E-state index in [0.29, 0.717) is 0 Å². The van der Waals surface area contributed by atoms with E-state index >= 15 is 0 Å². The van der Waals surface area contributed by atoms with Gasteiger partial charge in [-0.3, -0.25) is 0 Å². The van der Waals surface area contributed by atoms with E-state index in [1.54, 1.807) is 0 Å². The summed E-state index contributed by atoms with van der Waals surface area (Å²) >= 11 is 0. The van der Waals surface area contributed by atoms with Crippen molar-refractivity contribution in [3.63, 3.8) is 0 Å². The maximum absolute atomic E-state index is 12.1. The minimum Gasteiger partial charge on any atom is -0.316 e. The van der Waals surface area contributed by atoms with Crippen LogP contribution in [-0.4, -0.2) is 12.2 Å². The molecule has 0 aliphatic rings. The first kappa shape index (κ1) is 12.9. The van der Waals surface area contributed by atoms with Crippen LogP contribution < -0.4 is 5.73 Å². The third-order valence-electron chi connectivity index (χ3n) is 1.50. The number of nitrogens with two attached hydrogens (primary N) is 1. The van der Waals surface area contributed by atoms with Crippen LogP contribution >= 0.6 is 0 Å². The average Bonchev–Trinajstić information content (AvgIpc) is 2.03. The molecule has 14 heavy (non-hydrogen) atoms. The molecule has 0 aromatic carbocycles. The van der Waals surface area contributed by atoms with E-state index in [-0.39, 0.29) is 5.57 Å². The number of rotatable bonds is 3. The lowest BCUT2D eigenvalue weighted by molar-refractivity contribution is -0.138. The Morgan fingerprint density at radius 2 is 1.86 bits per heavy atom. The van der Waals surface area contributed by atoms with E-state index in [0.717, 1.165) is 12.2 Å². The summed E-state index contributed by atoms with van der Waals surface area (Å²) in [6, 6.07) is -2.09. The van der Waals surface area contributed by atoms with E-state index in [4.69, 9.17) is 5.73 Å². The molecule has 0 aromatic rings. The van der Waals surface area contributed by atoms with E-state index in [9.17, 15) is 17.6 Å². The van der Waals surface area contributed by atoms with Crippen molar-refractivity contribution in [2.24, 2.45) is 5.73 Å². The largest absolute Gasteiger partial charge is 0.407 e. The molecule has 0 radical (unpaired) electrons. The molecule has 0 saturated carbocycles. The van der Waals surface area contributed by atoms with Gasteiger partial charge in [0.15, 0.2) is 0 Å². The molecule has 0 spiro atoms. The summed E-state index contributed by atoms with van der Waals surface area (Å²) in [6.45, 7) is 4.28. The SMILES string of the molecule is C=C(F)/C=C\C(=C/C)C(N)C(F)(F)F. The van der Waals surface area contributed by atoms with Crippen molar-refractivity contribution < 1.29 is 17.6 Å². The zero-order chi connectivity index (χ0) is 11.4. The fourth-order valence-corrected chi connectivity index (χ4v) is 0.755. The molecule has 80 valence electrons. The molecule has 0 rings (SSSR count). The summed E-state index contributed by atoms with van der Waals surface area (Å²) in [5, 5.41) is 0. The molecule has 0 saturated heterocycles. The van der Waals surface area contributed by atoms with Crippen molar-refractivity contribution in [1.82, 2.24) is 0 Å². The standard InChI is InChI=1S/C9H11F4N/c1-3-7(5-4-6(2)10)8(14)9(11,12)13/h3-5,8H,2,14H2,1H3/b5-4-,7-3+. The van der Waals surface area contributed by atoms with E-state index < -0.39 is 18.0 Å². The first-order chi connectivity index (χ1) is 6.29. The van der Waals surface area contributed by atoms with E-state index in [2.05, 4.69) is 6.58 Å². The smallest absolute Gasteiger partial charge is 0.316 e. The minimum atomic E-state index is -4.52. The number of allylic oxidation sites excluding steroid dienone is 3. The summed E-state index contributed by atoms with van der Waals surface area (Å²) in [6.07, 6.45) is -1.55. The van der Waals surface area contributed by atoms with Gasteiger partial charge in [-0.15, -0.1) is 0 Å². The highest BCUT2D eigenvalue weighted by molar-refractivity contribution is 5.28. The fraction of sp³-hybridized carbons (Fsp3) is 0.333. The zero-order valence-electron chi connectivity index (χ0n) is 7.61. The highest BCUT2D eigenvalue weighted by Gasteiger charge is 2.37. The van der Waals surface area contributed by atoms with Crippen LogP contribution in [0.1, 0.15) is 6.92 Å². The molecule has 5 heteroatoms. The molecule has 0 aliphatic heterocycles. The zero-order valence-corrected chi connectivity index (χ0v) is 7.61. The van der Waals surface area contributed by atoms with Gasteiger partial charge in [-0.1, -0.05) is 18.7 Å². The van der Waals surface area contributed by atoms with Crippen LogP contribution in [0.15, 0.2) is 36.2 Å². The molecule has 0 fully saturated rings. The van der Waals surface area contributed by atoms with E-state index in [1.165, 1.54) is 13.0 Å². The Bertz CT molecular complexity index is 262. The first-order valence-electron chi connectivity index (χ1n) is 3.80. The third kappa shape index (κ3) is 4.23. The molecule has 0 bridgehead atoms. The lowest BCUT2D eigenvalue weighted by atomic mass is 10.1. The molecule has 0 amide bonds. The van der Waals surface area contributed by atoms with Crippen LogP contribution in [0.5, 0.6) is 0 Å². The fourth-order valence-electron chi connectivity index (χ4n) is 0.755. The number of halogens is 4. The van der Waals surface area contributed by atoms with Gasteiger partial charge in [-0.05, 0) is 18.6 Å². The highest BCUT2D eigenvalue weighted by atomic mass is 19.4. The maximum atomic E-state index is 12.1. The molecular formula is C9H11F4N. The Morgan fingerprint density at radius 1 is 1.36 bits per heavy atom. The van der Waals surface area contributed by atoms with Gasteiger partial charge < -0.3 is 5.73 Å². The van der Waals surface area contributed by atoms with Gasteiger partial charge in [-0.25, -0.2) is 4.39 Å².